The van der Waals surface area contributed by atoms with Crippen molar-refractivity contribution in [3.8, 4) is 0 Å². The zero-order valence-corrected chi connectivity index (χ0v) is 15.8. The predicted molar refractivity (Wildman–Crippen MR) is 107 cm³/mol. The molecule has 0 aromatic heterocycles. The fraction of sp³-hybridized carbons (Fsp3) is 0.375. The molecule has 2 aliphatic heterocycles. The highest BCUT2D eigenvalue weighted by Gasteiger charge is 2.51. The van der Waals surface area contributed by atoms with E-state index in [4.69, 9.17) is 0 Å². The van der Waals surface area contributed by atoms with Crippen molar-refractivity contribution >= 4 is 5.97 Å². The Morgan fingerprint density at radius 2 is 1.70 bits per heavy atom. The smallest absolute Gasteiger partial charge is 0.308 e. The third kappa shape index (κ3) is 3.57. The number of aliphatic carboxylic acids is 1. The summed E-state index contributed by atoms with van der Waals surface area (Å²) in [4.78, 5) is 14.4. The second-order valence-electron chi connectivity index (χ2n) is 7.84. The van der Waals surface area contributed by atoms with E-state index in [0.717, 1.165) is 25.8 Å². The zero-order chi connectivity index (χ0) is 18.8. The van der Waals surface area contributed by atoms with Gasteiger partial charge in [0.1, 0.15) is 0 Å². The Labute approximate surface area is 161 Å². The van der Waals surface area contributed by atoms with Crippen LogP contribution in [0.25, 0.3) is 0 Å². The molecule has 140 valence electrons. The molecule has 27 heavy (non-hydrogen) atoms. The molecule has 2 saturated heterocycles. The van der Waals surface area contributed by atoms with Crippen LogP contribution in [0.3, 0.4) is 0 Å². The van der Waals surface area contributed by atoms with Gasteiger partial charge in [-0.25, -0.2) is 0 Å². The molecule has 2 bridgehead atoms. The number of piperidine rings is 2. The molecule has 1 saturated carbocycles. The Morgan fingerprint density at radius 3 is 2.30 bits per heavy atom. The molecule has 3 fully saturated rings. The first-order chi connectivity index (χ1) is 13.2. The van der Waals surface area contributed by atoms with Gasteiger partial charge in [-0.3, -0.25) is 9.69 Å². The van der Waals surface area contributed by atoms with E-state index in [0.29, 0.717) is 12.0 Å². The molecule has 0 radical (unpaired) electrons. The summed E-state index contributed by atoms with van der Waals surface area (Å²) in [5.74, 6) is -0.587. The molecule has 2 aromatic rings. The number of benzene rings is 2. The minimum absolute atomic E-state index is 0.0765. The second-order valence-corrected chi connectivity index (χ2v) is 7.84. The van der Waals surface area contributed by atoms with Gasteiger partial charge in [0, 0.05) is 18.6 Å². The summed E-state index contributed by atoms with van der Waals surface area (Å²) in [7, 11) is 0. The Morgan fingerprint density at radius 1 is 1.07 bits per heavy atom. The summed E-state index contributed by atoms with van der Waals surface area (Å²) in [6, 6.07) is 21.5. The van der Waals surface area contributed by atoms with Crippen molar-refractivity contribution in [3.05, 3.63) is 83.4 Å². The normalized spacial score (nSPS) is 29.1. The lowest BCUT2D eigenvalue weighted by Crippen LogP contribution is -2.61. The summed E-state index contributed by atoms with van der Waals surface area (Å²) >= 11 is 0. The van der Waals surface area contributed by atoms with Crippen LogP contribution in [0.1, 0.15) is 30.9 Å². The van der Waals surface area contributed by atoms with Crippen molar-refractivity contribution in [2.24, 2.45) is 11.8 Å². The average Bonchev–Trinajstić information content (AvgIpc) is 2.71. The van der Waals surface area contributed by atoms with Gasteiger partial charge in [-0.1, -0.05) is 72.3 Å². The maximum atomic E-state index is 12.0. The molecule has 4 unspecified atom stereocenters. The van der Waals surface area contributed by atoms with Crippen LogP contribution in [0, 0.1) is 11.8 Å². The van der Waals surface area contributed by atoms with Crippen LogP contribution in [0.4, 0.5) is 0 Å². The number of fused-ring (bicyclic) bond motifs is 3. The van der Waals surface area contributed by atoms with Gasteiger partial charge in [0.15, 0.2) is 0 Å². The fourth-order valence-electron chi connectivity index (χ4n) is 5.09. The average molecular weight is 361 g/mol. The Hall–Kier alpha value is -2.39. The lowest BCUT2D eigenvalue weighted by molar-refractivity contribution is -0.151. The highest BCUT2D eigenvalue weighted by atomic mass is 16.4. The van der Waals surface area contributed by atoms with Gasteiger partial charge in [-0.2, -0.15) is 0 Å². The largest absolute Gasteiger partial charge is 0.481 e. The van der Waals surface area contributed by atoms with E-state index in [1.54, 1.807) is 0 Å². The van der Waals surface area contributed by atoms with Crippen LogP contribution in [-0.4, -0.2) is 28.1 Å². The summed E-state index contributed by atoms with van der Waals surface area (Å²) in [5, 5.41) is 9.83. The van der Waals surface area contributed by atoms with E-state index in [1.165, 1.54) is 16.7 Å². The maximum Gasteiger partial charge on any atom is 0.308 e. The van der Waals surface area contributed by atoms with Crippen molar-refractivity contribution in [1.29, 1.82) is 0 Å². The first-order valence-corrected chi connectivity index (χ1v) is 9.89. The van der Waals surface area contributed by atoms with Crippen molar-refractivity contribution < 1.29 is 9.90 Å². The van der Waals surface area contributed by atoms with Crippen molar-refractivity contribution in [2.75, 3.05) is 0 Å². The molecule has 3 nitrogen and oxygen atoms in total. The molecular formula is C24H27NO2. The second kappa shape index (κ2) is 7.69. The summed E-state index contributed by atoms with van der Waals surface area (Å²) in [6.45, 7) is 2.92. The van der Waals surface area contributed by atoms with E-state index >= 15 is 0 Å². The molecule has 3 heteroatoms. The number of nitrogens with zero attached hydrogens (tertiary/aromatic N) is 1. The van der Waals surface area contributed by atoms with Gasteiger partial charge in [0.2, 0.25) is 0 Å². The molecule has 2 aromatic carbocycles. The summed E-state index contributed by atoms with van der Waals surface area (Å²) in [6.07, 6.45) is 4.85. The summed E-state index contributed by atoms with van der Waals surface area (Å²) in [5.41, 5.74) is 4.03. The van der Waals surface area contributed by atoms with Crippen molar-refractivity contribution in [2.45, 2.75) is 44.8 Å². The van der Waals surface area contributed by atoms with Gasteiger partial charge in [-0.15, -0.1) is 0 Å². The third-order valence-electron chi connectivity index (χ3n) is 6.39. The Bertz CT molecular complexity index is 815. The van der Waals surface area contributed by atoms with Gasteiger partial charge < -0.3 is 5.11 Å². The van der Waals surface area contributed by atoms with E-state index in [9.17, 15) is 9.90 Å². The molecule has 0 spiro atoms. The molecule has 2 heterocycles. The molecule has 5 rings (SSSR count). The number of carboxylic acid groups (broad SMARTS) is 1. The monoisotopic (exact) mass is 361 g/mol. The molecule has 3 aliphatic rings. The maximum absolute atomic E-state index is 12.0. The predicted octanol–water partition coefficient (Wildman–Crippen LogP) is 4.54. The zero-order valence-electron chi connectivity index (χ0n) is 15.8. The topological polar surface area (TPSA) is 40.5 Å². The fourth-order valence-corrected chi connectivity index (χ4v) is 5.09. The van der Waals surface area contributed by atoms with E-state index in [-0.39, 0.29) is 12.0 Å². The third-order valence-corrected chi connectivity index (χ3v) is 6.39. The quantitative estimate of drug-likeness (QED) is 0.795. The highest BCUT2D eigenvalue weighted by Crippen LogP contribution is 2.47. The first-order valence-electron chi connectivity index (χ1n) is 9.89. The van der Waals surface area contributed by atoms with E-state index < -0.39 is 5.97 Å². The SMILES string of the molecule is C/C=C1\CC2C(C(=O)O)CC1C(Cc1ccccc1)N2Cc1ccccc1. The van der Waals surface area contributed by atoms with Crippen LogP contribution >= 0.6 is 0 Å². The van der Waals surface area contributed by atoms with Crippen LogP contribution in [0.15, 0.2) is 72.3 Å². The molecule has 4 atom stereocenters. The lowest BCUT2D eigenvalue weighted by Gasteiger charge is -2.55. The lowest BCUT2D eigenvalue weighted by atomic mass is 9.64. The van der Waals surface area contributed by atoms with Gasteiger partial charge >= 0.3 is 5.97 Å². The first kappa shape index (κ1) is 18.0. The number of allylic oxidation sites excluding steroid dienone is 1. The van der Waals surface area contributed by atoms with Crippen LogP contribution in [-0.2, 0) is 17.8 Å². The molecular weight excluding hydrogens is 334 g/mol. The standard InChI is InChI=1S/C24H27NO2/c1-2-19-14-23-21(24(26)27)15-20(19)22(13-17-9-5-3-6-10-17)25(23)16-18-11-7-4-8-12-18/h2-12,20-23H,13-16H2,1H3,(H,26,27)/b19-2+. The molecule has 0 amide bonds. The number of hydrogen-bond donors (Lipinski definition) is 1. The van der Waals surface area contributed by atoms with Crippen molar-refractivity contribution in [3.63, 3.8) is 0 Å². The highest BCUT2D eigenvalue weighted by molar-refractivity contribution is 5.72. The van der Waals surface area contributed by atoms with Gasteiger partial charge in [0.25, 0.3) is 0 Å². The van der Waals surface area contributed by atoms with Crippen LogP contribution < -0.4 is 0 Å². The van der Waals surface area contributed by atoms with Crippen molar-refractivity contribution in [1.82, 2.24) is 4.90 Å². The van der Waals surface area contributed by atoms with Crippen LogP contribution in [0.5, 0.6) is 0 Å². The number of carboxylic acids is 1. The number of hydrogen-bond acceptors (Lipinski definition) is 2. The summed E-state index contributed by atoms with van der Waals surface area (Å²) < 4.78 is 0. The van der Waals surface area contributed by atoms with E-state index in [1.807, 2.05) is 6.07 Å². The minimum Gasteiger partial charge on any atom is -0.481 e. The number of rotatable bonds is 5. The van der Waals surface area contributed by atoms with E-state index in [2.05, 4.69) is 72.5 Å². The minimum atomic E-state index is -0.642. The molecule has 1 aliphatic carbocycles. The Kier molecular flexibility index (Phi) is 5.13. The number of carbonyl (C=O) groups is 1. The van der Waals surface area contributed by atoms with Gasteiger partial charge in [0.05, 0.1) is 5.92 Å². The Balaban J connectivity index is 1.69. The molecule has 1 N–H and O–H groups in total. The van der Waals surface area contributed by atoms with Crippen LogP contribution in [0.2, 0.25) is 0 Å². The van der Waals surface area contributed by atoms with Gasteiger partial charge in [-0.05, 0) is 43.2 Å².